The minimum absolute atomic E-state index is 0.596. The molecule has 1 heterocycles. The molecule has 0 spiro atoms. The van der Waals surface area contributed by atoms with Crippen molar-refractivity contribution in [3.8, 4) is 17.6 Å². The average molecular weight is 279 g/mol. The minimum Gasteiger partial charge on any atom is -0.453 e. The van der Waals surface area contributed by atoms with Crippen LogP contribution in [0.5, 0.6) is 11.5 Å². The molecule has 0 aliphatic carbocycles. The lowest BCUT2D eigenvalue weighted by molar-refractivity contribution is 0.481. The third kappa shape index (κ3) is 2.38. The van der Waals surface area contributed by atoms with Gasteiger partial charge in [0.25, 0.3) is 0 Å². The molecule has 21 heavy (non-hydrogen) atoms. The number of benzene rings is 2. The van der Waals surface area contributed by atoms with Crippen LogP contribution < -0.4 is 15.0 Å². The van der Waals surface area contributed by atoms with Gasteiger partial charge in [-0.3, -0.25) is 0 Å². The number of nitriles is 1. The highest BCUT2D eigenvalue weighted by atomic mass is 16.5. The Morgan fingerprint density at radius 3 is 2.38 bits per heavy atom. The van der Waals surface area contributed by atoms with Crippen LogP contribution in [0.2, 0.25) is 0 Å². The molecule has 106 valence electrons. The van der Waals surface area contributed by atoms with Gasteiger partial charge in [0.15, 0.2) is 11.5 Å². The molecule has 0 bridgehead atoms. The molecular formula is C17H17N3O. The first-order chi connectivity index (χ1) is 10.2. The summed E-state index contributed by atoms with van der Waals surface area (Å²) >= 11 is 0. The molecule has 1 N–H and O–H groups in total. The fourth-order valence-corrected chi connectivity index (χ4v) is 2.53. The quantitative estimate of drug-likeness (QED) is 0.778. The topological polar surface area (TPSA) is 48.3 Å². The molecule has 0 saturated heterocycles. The molecule has 0 radical (unpaired) electrons. The van der Waals surface area contributed by atoms with Crippen LogP contribution in [-0.2, 0) is 0 Å². The van der Waals surface area contributed by atoms with Crippen molar-refractivity contribution in [3.63, 3.8) is 0 Å². The van der Waals surface area contributed by atoms with Gasteiger partial charge >= 0.3 is 0 Å². The number of anilines is 3. The van der Waals surface area contributed by atoms with Crippen molar-refractivity contribution in [3.05, 3.63) is 42.0 Å². The smallest absolute Gasteiger partial charge is 0.153 e. The van der Waals surface area contributed by atoms with Gasteiger partial charge in [0.05, 0.1) is 23.0 Å². The number of nitrogens with zero attached hydrogens (tertiary/aromatic N) is 2. The van der Waals surface area contributed by atoms with E-state index < -0.39 is 0 Å². The van der Waals surface area contributed by atoms with Crippen molar-refractivity contribution >= 4 is 17.1 Å². The summed E-state index contributed by atoms with van der Waals surface area (Å²) in [5.41, 5.74) is 3.57. The predicted molar refractivity (Wildman–Crippen MR) is 84.5 cm³/mol. The molecule has 1 aliphatic rings. The molecule has 0 aromatic heterocycles. The van der Waals surface area contributed by atoms with E-state index in [4.69, 9.17) is 10.00 Å². The Bertz CT molecular complexity index is 714. The maximum atomic E-state index is 8.98. The fourth-order valence-electron chi connectivity index (χ4n) is 2.53. The van der Waals surface area contributed by atoms with Crippen LogP contribution in [0.1, 0.15) is 19.4 Å². The number of hydrogen-bond donors (Lipinski definition) is 1. The van der Waals surface area contributed by atoms with E-state index in [-0.39, 0.29) is 0 Å². The van der Waals surface area contributed by atoms with Crippen LogP contribution in [0.15, 0.2) is 36.4 Å². The van der Waals surface area contributed by atoms with E-state index in [9.17, 15) is 0 Å². The number of ether oxygens (including phenoxy) is 1. The van der Waals surface area contributed by atoms with Crippen LogP contribution in [0.4, 0.5) is 17.1 Å². The zero-order chi connectivity index (χ0) is 14.8. The monoisotopic (exact) mass is 279 g/mol. The van der Waals surface area contributed by atoms with E-state index in [0.717, 1.165) is 35.9 Å². The van der Waals surface area contributed by atoms with Crippen molar-refractivity contribution < 1.29 is 4.74 Å². The lowest BCUT2D eigenvalue weighted by atomic mass is 10.1. The van der Waals surface area contributed by atoms with Crippen molar-refractivity contribution in [2.24, 2.45) is 0 Å². The van der Waals surface area contributed by atoms with E-state index in [1.807, 2.05) is 18.2 Å². The van der Waals surface area contributed by atoms with Gasteiger partial charge in [-0.25, -0.2) is 0 Å². The van der Waals surface area contributed by atoms with Crippen molar-refractivity contribution in [2.75, 3.05) is 23.3 Å². The molecule has 0 atom stereocenters. The summed E-state index contributed by atoms with van der Waals surface area (Å²) in [5, 5.41) is 12.3. The Morgan fingerprint density at radius 1 is 1.05 bits per heavy atom. The molecule has 4 heteroatoms. The number of fused-ring (bicyclic) bond motifs is 2. The molecule has 0 fully saturated rings. The molecule has 0 saturated carbocycles. The third-order valence-electron chi connectivity index (χ3n) is 3.69. The second kappa shape index (κ2) is 5.37. The molecule has 4 nitrogen and oxygen atoms in total. The van der Waals surface area contributed by atoms with Gasteiger partial charge in [-0.05, 0) is 38.1 Å². The Labute approximate surface area is 124 Å². The summed E-state index contributed by atoms with van der Waals surface area (Å²) in [5.74, 6) is 1.49. The van der Waals surface area contributed by atoms with Gasteiger partial charge in [-0.15, -0.1) is 0 Å². The highest BCUT2D eigenvalue weighted by Gasteiger charge is 2.18. The van der Waals surface area contributed by atoms with Crippen LogP contribution in [0.25, 0.3) is 0 Å². The molecule has 2 aromatic carbocycles. The van der Waals surface area contributed by atoms with E-state index in [1.54, 1.807) is 12.1 Å². The van der Waals surface area contributed by atoms with Gasteiger partial charge < -0.3 is 15.0 Å². The zero-order valence-corrected chi connectivity index (χ0v) is 12.2. The molecule has 3 rings (SSSR count). The largest absolute Gasteiger partial charge is 0.453 e. The number of nitrogens with one attached hydrogen (secondary N) is 1. The van der Waals surface area contributed by atoms with Crippen molar-refractivity contribution in [1.82, 2.24) is 0 Å². The normalized spacial score (nSPS) is 11.5. The van der Waals surface area contributed by atoms with Crippen LogP contribution >= 0.6 is 0 Å². The van der Waals surface area contributed by atoms with Gasteiger partial charge in [-0.2, -0.15) is 5.26 Å². The average Bonchev–Trinajstić information content (AvgIpc) is 2.53. The molecule has 0 unspecified atom stereocenters. The highest BCUT2D eigenvalue weighted by Crippen LogP contribution is 2.43. The van der Waals surface area contributed by atoms with E-state index in [0.29, 0.717) is 11.3 Å². The summed E-state index contributed by atoms with van der Waals surface area (Å²) in [7, 11) is 0. The highest BCUT2D eigenvalue weighted by molar-refractivity contribution is 5.78. The predicted octanol–water partition coefficient (Wildman–Crippen LogP) is 4.25. The first kappa shape index (κ1) is 13.3. The van der Waals surface area contributed by atoms with Gasteiger partial charge in [0.1, 0.15) is 0 Å². The maximum absolute atomic E-state index is 8.98. The summed E-state index contributed by atoms with van der Waals surface area (Å²) in [6.07, 6.45) is 0. The number of rotatable bonds is 3. The van der Waals surface area contributed by atoms with Gasteiger partial charge in [0, 0.05) is 30.9 Å². The fraction of sp³-hybridized carbons (Fsp3) is 0.235. The Hall–Kier alpha value is -2.67. The molecular weight excluding hydrogens is 262 g/mol. The lowest BCUT2D eigenvalue weighted by Gasteiger charge is -2.26. The van der Waals surface area contributed by atoms with Gasteiger partial charge in [-0.1, -0.05) is 0 Å². The lowest BCUT2D eigenvalue weighted by Crippen LogP contribution is -2.21. The second-order valence-electron chi connectivity index (χ2n) is 4.90. The van der Waals surface area contributed by atoms with Crippen LogP contribution in [0, 0.1) is 11.3 Å². The summed E-state index contributed by atoms with van der Waals surface area (Å²) < 4.78 is 5.96. The SMILES string of the molecule is CCN(CC)c1ccc2c(c1)Oc1cc(C#N)ccc1N2. The van der Waals surface area contributed by atoms with E-state index >= 15 is 0 Å². The molecule has 1 aliphatic heterocycles. The van der Waals surface area contributed by atoms with E-state index in [2.05, 4.69) is 36.2 Å². The Kier molecular flexibility index (Phi) is 3.41. The van der Waals surface area contributed by atoms with Crippen LogP contribution in [-0.4, -0.2) is 13.1 Å². The van der Waals surface area contributed by atoms with Crippen molar-refractivity contribution in [2.45, 2.75) is 13.8 Å². The maximum Gasteiger partial charge on any atom is 0.153 e. The first-order valence-corrected chi connectivity index (χ1v) is 7.13. The van der Waals surface area contributed by atoms with E-state index in [1.165, 1.54) is 0 Å². The van der Waals surface area contributed by atoms with Crippen LogP contribution in [0.3, 0.4) is 0 Å². The Balaban J connectivity index is 1.97. The zero-order valence-electron chi connectivity index (χ0n) is 12.2. The summed E-state index contributed by atoms with van der Waals surface area (Å²) in [6.45, 7) is 6.18. The first-order valence-electron chi connectivity index (χ1n) is 7.13. The van der Waals surface area contributed by atoms with Gasteiger partial charge in [0.2, 0.25) is 0 Å². The minimum atomic E-state index is 0.596. The molecule has 2 aromatic rings. The number of hydrogen-bond acceptors (Lipinski definition) is 4. The summed E-state index contributed by atoms with van der Waals surface area (Å²) in [6, 6.07) is 13.7. The second-order valence-corrected chi connectivity index (χ2v) is 4.90. The summed E-state index contributed by atoms with van der Waals surface area (Å²) in [4.78, 5) is 2.27. The standard InChI is InChI=1S/C17H17N3O/c1-3-20(4-2)13-6-8-15-17(10-13)21-16-9-12(11-18)5-7-14(16)19-15/h5-10,19H,3-4H2,1-2H3. The third-order valence-corrected chi connectivity index (χ3v) is 3.69. The Morgan fingerprint density at radius 2 is 1.71 bits per heavy atom. The van der Waals surface area contributed by atoms with Crippen molar-refractivity contribution in [1.29, 1.82) is 5.26 Å². The molecule has 0 amide bonds.